The Morgan fingerprint density at radius 1 is 1.35 bits per heavy atom. The van der Waals surface area contributed by atoms with Gasteiger partial charge < -0.3 is 0 Å². The summed E-state index contributed by atoms with van der Waals surface area (Å²) in [6.07, 6.45) is 2.74. The maximum atomic E-state index is 12.8. The number of carbonyl (C=O) groups excluding carboxylic acids is 1. The van der Waals surface area contributed by atoms with Crippen molar-refractivity contribution in [2.75, 3.05) is 5.32 Å². The van der Waals surface area contributed by atoms with Gasteiger partial charge in [-0.05, 0) is 18.4 Å². The fourth-order valence-corrected chi connectivity index (χ4v) is 3.71. The second-order valence-electron chi connectivity index (χ2n) is 6.08. The van der Waals surface area contributed by atoms with Crippen molar-refractivity contribution >= 4 is 33.3 Å². The Balaban J connectivity index is 1.94. The fourth-order valence-electron chi connectivity index (χ4n) is 2.49. The minimum absolute atomic E-state index is 0.0292. The van der Waals surface area contributed by atoms with E-state index in [1.807, 2.05) is 26.8 Å². The first-order chi connectivity index (χ1) is 12.4. The van der Waals surface area contributed by atoms with E-state index in [2.05, 4.69) is 20.4 Å². The molecular formula is C17H18FN5O2S. The normalized spacial score (nSPS) is 11.3. The largest absolute Gasteiger partial charge is 0.293 e. The smallest absolute Gasteiger partial charge is 0.276 e. The zero-order chi connectivity index (χ0) is 18.8. The zero-order valence-electron chi connectivity index (χ0n) is 14.6. The van der Waals surface area contributed by atoms with E-state index in [1.165, 1.54) is 0 Å². The van der Waals surface area contributed by atoms with Crippen molar-refractivity contribution in [3.8, 4) is 0 Å². The number of nitrogens with one attached hydrogen (secondary N) is 1. The van der Waals surface area contributed by atoms with Crippen LogP contribution in [0.25, 0.3) is 10.1 Å². The number of rotatable bonds is 5. The van der Waals surface area contributed by atoms with Crippen LogP contribution < -0.4 is 10.9 Å². The third-order valence-corrected chi connectivity index (χ3v) is 5.07. The lowest BCUT2D eigenvalue weighted by molar-refractivity contribution is -0.117. The van der Waals surface area contributed by atoms with Gasteiger partial charge in [-0.15, -0.1) is 11.3 Å². The maximum Gasteiger partial charge on any atom is 0.276 e. The highest BCUT2D eigenvalue weighted by Crippen LogP contribution is 2.29. The molecule has 0 aliphatic heterocycles. The Morgan fingerprint density at radius 3 is 2.65 bits per heavy atom. The molecular weight excluding hydrogens is 357 g/mol. The molecule has 136 valence electrons. The summed E-state index contributed by atoms with van der Waals surface area (Å²) in [6, 6.07) is 1.87. The summed E-state index contributed by atoms with van der Waals surface area (Å²) in [7, 11) is 0. The van der Waals surface area contributed by atoms with Crippen molar-refractivity contribution in [2.24, 2.45) is 0 Å². The van der Waals surface area contributed by atoms with E-state index in [-0.39, 0.29) is 24.0 Å². The van der Waals surface area contributed by atoms with E-state index in [0.717, 1.165) is 38.8 Å². The van der Waals surface area contributed by atoms with Crippen LogP contribution in [-0.2, 0) is 17.8 Å². The molecule has 7 nitrogen and oxygen atoms in total. The first-order valence-corrected chi connectivity index (χ1v) is 9.01. The number of halogens is 1. The first kappa shape index (κ1) is 18.1. The second-order valence-corrected chi connectivity index (χ2v) is 7.22. The van der Waals surface area contributed by atoms with Crippen molar-refractivity contribution < 1.29 is 9.18 Å². The van der Waals surface area contributed by atoms with E-state index in [0.29, 0.717) is 5.39 Å². The number of hydrogen-bond acceptors (Lipinski definition) is 6. The predicted molar refractivity (Wildman–Crippen MR) is 98.0 cm³/mol. The summed E-state index contributed by atoms with van der Waals surface area (Å²) in [5, 5.41) is 7.41. The Labute approximate surface area is 152 Å². The van der Waals surface area contributed by atoms with Gasteiger partial charge in [0.05, 0.1) is 28.2 Å². The van der Waals surface area contributed by atoms with Gasteiger partial charge in [0.25, 0.3) is 5.56 Å². The molecule has 0 aliphatic carbocycles. The third kappa shape index (κ3) is 3.62. The number of carbonyl (C=O) groups is 1. The molecule has 0 saturated heterocycles. The van der Waals surface area contributed by atoms with Gasteiger partial charge in [-0.2, -0.15) is 5.10 Å². The molecule has 3 heterocycles. The van der Waals surface area contributed by atoms with Crippen LogP contribution in [0.4, 0.5) is 10.3 Å². The van der Waals surface area contributed by atoms with Gasteiger partial charge in [0, 0.05) is 4.88 Å². The van der Waals surface area contributed by atoms with Crippen LogP contribution in [0.2, 0.25) is 0 Å². The SMILES string of the molecule is CCc1cc2c(=O)n(CC(=O)Nc3ncc(F)cn3)nc(C(C)C)c2s1. The number of aromatic nitrogens is 4. The standard InChI is InChI=1S/C17H18FN5O2S/c1-4-11-5-12-15(26-11)14(9(2)3)22-23(16(12)25)8-13(24)21-17-19-6-10(18)7-20-17/h5-7,9H,4,8H2,1-3H3,(H,19,20,21,24). The summed E-state index contributed by atoms with van der Waals surface area (Å²) in [5.74, 6) is -1.03. The predicted octanol–water partition coefficient (Wildman–Crippen LogP) is 2.71. The van der Waals surface area contributed by atoms with E-state index >= 15 is 0 Å². The Morgan fingerprint density at radius 2 is 2.04 bits per heavy atom. The molecule has 0 unspecified atom stereocenters. The molecule has 3 aromatic heterocycles. The van der Waals surface area contributed by atoms with Crippen molar-refractivity contribution in [3.05, 3.63) is 45.2 Å². The number of hydrogen-bond donors (Lipinski definition) is 1. The molecule has 0 spiro atoms. The van der Waals surface area contributed by atoms with Crippen molar-refractivity contribution in [2.45, 2.75) is 39.7 Å². The zero-order valence-corrected chi connectivity index (χ0v) is 15.4. The highest BCUT2D eigenvalue weighted by Gasteiger charge is 2.18. The molecule has 1 amide bonds. The van der Waals surface area contributed by atoms with Crippen molar-refractivity contribution in [1.29, 1.82) is 0 Å². The van der Waals surface area contributed by atoms with Crippen molar-refractivity contribution in [1.82, 2.24) is 19.7 Å². The summed E-state index contributed by atoms with van der Waals surface area (Å²) in [4.78, 5) is 33.4. The fraction of sp³-hybridized carbons (Fsp3) is 0.353. The molecule has 1 N–H and O–H groups in total. The Kier molecular flexibility index (Phi) is 5.08. The minimum atomic E-state index is -0.600. The van der Waals surface area contributed by atoms with Crippen LogP contribution in [0.1, 0.15) is 37.3 Å². The second kappa shape index (κ2) is 7.28. The topological polar surface area (TPSA) is 89.8 Å². The highest BCUT2D eigenvalue weighted by molar-refractivity contribution is 7.19. The molecule has 0 aliphatic rings. The highest BCUT2D eigenvalue weighted by atomic mass is 32.1. The lowest BCUT2D eigenvalue weighted by Crippen LogP contribution is -2.31. The average molecular weight is 375 g/mol. The van der Waals surface area contributed by atoms with E-state index in [9.17, 15) is 14.0 Å². The molecule has 26 heavy (non-hydrogen) atoms. The monoisotopic (exact) mass is 375 g/mol. The van der Waals surface area contributed by atoms with E-state index < -0.39 is 11.7 Å². The third-order valence-electron chi connectivity index (χ3n) is 3.77. The molecule has 9 heteroatoms. The van der Waals surface area contributed by atoms with Gasteiger partial charge in [0.1, 0.15) is 6.54 Å². The number of nitrogens with zero attached hydrogens (tertiary/aromatic N) is 4. The number of aryl methyl sites for hydroxylation is 1. The van der Waals surface area contributed by atoms with Gasteiger partial charge >= 0.3 is 0 Å². The molecule has 0 aromatic carbocycles. The number of amides is 1. The van der Waals surface area contributed by atoms with Crippen LogP contribution in [0.3, 0.4) is 0 Å². The van der Waals surface area contributed by atoms with Gasteiger partial charge in [0.15, 0.2) is 5.82 Å². The summed E-state index contributed by atoms with van der Waals surface area (Å²) >= 11 is 1.57. The number of fused-ring (bicyclic) bond motifs is 1. The molecule has 3 rings (SSSR count). The number of thiophene rings is 1. The van der Waals surface area contributed by atoms with Crippen LogP contribution in [-0.4, -0.2) is 25.7 Å². The molecule has 0 atom stereocenters. The molecule has 0 fully saturated rings. The van der Waals surface area contributed by atoms with E-state index in [4.69, 9.17) is 0 Å². The lowest BCUT2D eigenvalue weighted by Gasteiger charge is -2.10. The number of anilines is 1. The average Bonchev–Trinajstić information content (AvgIpc) is 3.04. The Hall–Kier alpha value is -2.68. The Bertz CT molecular complexity index is 1010. The summed E-state index contributed by atoms with van der Waals surface area (Å²) in [6.45, 7) is 5.75. The molecule has 3 aromatic rings. The van der Waals surface area contributed by atoms with Crippen LogP contribution in [0.5, 0.6) is 0 Å². The van der Waals surface area contributed by atoms with Crippen LogP contribution in [0, 0.1) is 5.82 Å². The van der Waals surface area contributed by atoms with Crippen LogP contribution in [0.15, 0.2) is 23.3 Å². The summed E-state index contributed by atoms with van der Waals surface area (Å²) in [5.41, 5.74) is 0.477. The van der Waals surface area contributed by atoms with Gasteiger partial charge in [-0.25, -0.2) is 19.0 Å². The van der Waals surface area contributed by atoms with Gasteiger partial charge in [-0.3, -0.25) is 14.9 Å². The maximum absolute atomic E-state index is 12.8. The minimum Gasteiger partial charge on any atom is -0.293 e. The van der Waals surface area contributed by atoms with Gasteiger partial charge in [-0.1, -0.05) is 20.8 Å². The first-order valence-electron chi connectivity index (χ1n) is 8.19. The quantitative estimate of drug-likeness (QED) is 0.741. The summed E-state index contributed by atoms with van der Waals surface area (Å²) < 4.78 is 14.9. The van der Waals surface area contributed by atoms with Crippen molar-refractivity contribution in [3.63, 3.8) is 0 Å². The molecule has 0 bridgehead atoms. The lowest BCUT2D eigenvalue weighted by atomic mass is 10.1. The van der Waals surface area contributed by atoms with Crippen LogP contribution >= 0.6 is 11.3 Å². The molecule has 0 radical (unpaired) electrons. The molecule has 0 saturated carbocycles. The van der Waals surface area contributed by atoms with Gasteiger partial charge in [0.2, 0.25) is 11.9 Å². The van der Waals surface area contributed by atoms with E-state index in [1.54, 1.807) is 11.3 Å².